The van der Waals surface area contributed by atoms with Crippen LogP contribution < -0.4 is 16.0 Å². The molecule has 6 nitrogen and oxygen atoms in total. The Morgan fingerprint density at radius 3 is 3.00 bits per heavy atom. The number of thioether (sulfide) groups is 1. The third kappa shape index (κ3) is 3.51. The van der Waals surface area contributed by atoms with Crippen LogP contribution in [-0.4, -0.2) is 66.1 Å². The van der Waals surface area contributed by atoms with Gasteiger partial charge in [0.25, 0.3) is 0 Å². The number of carbonyl (C=O) groups is 2. The monoisotopic (exact) mass is 326 g/mol. The Kier molecular flexibility index (Phi) is 5.13. The second-order valence-electron chi connectivity index (χ2n) is 6.52. The molecule has 3 N–H and O–H groups in total. The second kappa shape index (κ2) is 7.08. The van der Waals surface area contributed by atoms with Gasteiger partial charge in [-0.3, -0.25) is 4.79 Å². The van der Waals surface area contributed by atoms with E-state index in [4.69, 9.17) is 0 Å². The van der Waals surface area contributed by atoms with E-state index >= 15 is 0 Å². The first-order valence-corrected chi connectivity index (χ1v) is 9.35. The molecule has 0 radical (unpaired) electrons. The van der Waals surface area contributed by atoms with Crippen LogP contribution in [0.25, 0.3) is 0 Å². The van der Waals surface area contributed by atoms with Gasteiger partial charge in [0, 0.05) is 37.1 Å². The highest BCUT2D eigenvalue weighted by molar-refractivity contribution is 8.00. The zero-order valence-corrected chi connectivity index (χ0v) is 14.0. The van der Waals surface area contributed by atoms with Crippen LogP contribution in [0.5, 0.6) is 0 Å². The van der Waals surface area contributed by atoms with Crippen LogP contribution in [0.15, 0.2) is 0 Å². The van der Waals surface area contributed by atoms with Crippen molar-refractivity contribution < 1.29 is 9.59 Å². The summed E-state index contributed by atoms with van der Waals surface area (Å²) in [6.07, 6.45) is 4.79. The van der Waals surface area contributed by atoms with Crippen molar-refractivity contribution in [3.63, 3.8) is 0 Å². The van der Waals surface area contributed by atoms with Crippen LogP contribution in [0, 0.1) is 0 Å². The predicted octanol–water partition coefficient (Wildman–Crippen LogP) is 0.533. The van der Waals surface area contributed by atoms with E-state index in [0.29, 0.717) is 23.8 Å². The summed E-state index contributed by atoms with van der Waals surface area (Å²) in [5, 5.41) is 9.78. The fourth-order valence-electron chi connectivity index (χ4n) is 3.61. The van der Waals surface area contributed by atoms with E-state index < -0.39 is 0 Å². The van der Waals surface area contributed by atoms with Gasteiger partial charge in [-0.25, -0.2) is 4.79 Å². The van der Waals surface area contributed by atoms with Crippen molar-refractivity contribution >= 4 is 23.7 Å². The molecule has 7 heteroatoms. The lowest BCUT2D eigenvalue weighted by Crippen LogP contribution is -2.38. The highest BCUT2D eigenvalue weighted by Gasteiger charge is 2.42. The van der Waals surface area contributed by atoms with Crippen molar-refractivity contribution in [1.29, 1.82) is 0 Å². The Balaban J connectivity index is 1.33. The summed E-state index contributed by atoms with van der Waals surface area (Å²) < 4.78 is 0. The molecule has 3 rings (SSSR count). The molecule has 3 fully saturated rings. The number of nitrogens with one attached hydrogen (secondary N) is 3. The maximum absolute atomic E-state index is 12.2. The van der Waals surface area contributed by atoms with Crippen LogP contribution in [0.4, 0.5) is 4.79 Å². The molecule has 3 heterocycles. The molecular formula is C15H26N4O2S. The van der Waals surface area contributed by atoms with Gasteiger partial charge < -0.3 is 20.9 Å². The number of urea groups is 1. The quantitative estimate of drug-likeness (QED) is 0.492. The van der Waals surface area contributed by atoms with Gasteiger partial charge in [0.2, 0.25) is 5.91 Å². The minimum atomic E-state index is -0.0257. The molecule has 22 heavy (non-hydrogen) atoms. The molecule has 0 aromatic heterocycles. The van der Waals surface area contributed by atoms with Gasteiger partial charge in [-0.2, -0.15) is 11.8 Å². The summed E-state index contributed by atoms with van der Waals surface area (Å²) in [5.74, 6) is 1.27. The normalized spacial score (nSPS) is 33.4. The zero-order chi connectivity index (χ0) is 15.5. The van der Waals surface area contributed by atoms with Crippen LogP contribution >= 0.6 is 11.8 Å². The Morgan fingerprint density at radius 1 is 1.36 bits per heavy atom. The van der Waals surface area contributed by atoms with E-state index in [1.165, 1.54) is 0 Å². The Hall–Kier alpha value is -0.950. The average Bonchev–Trinajstić information content (AvgIpc) is 3.20. The van der Waals surface area contributed by atoms with Gasteiger partial charge in [0.1, 0.15) is 0 Å². The Morgan fingerprint density at radius 2 is 2.23 bits per heavy atom. The summed E-state index contributed by atoms with van der Waals surface area (Å²) >= 11 is 1.94. The number of hydrogen-bond acceptors (Lipinski definition) is 4. The number of unbranched alkanes of at least 4 members (excludes halogenated alkanes) is 1. The molecule has 3 aliphatic heterocycles. The van der Waals surface area contributed by atoms with E-state index in [2.05, 4.69) is 16.0 Å². The molecular weight excluding hydrogens is 300 g/mol. The molecule has 3 aliphatic rings. The molecule has 1 unspecified atom stereocenters. The van der Waals surface area contributed by atoms with Crippen molar-refractivity contribution in [2.45, 2.75) is 55.5 Å². The lowest BCUT2D eigenvalue weighted by Gasteiger charge is -2.24. The highest BCUT2D eigenvalue weighted by Crippen LogP contribution is 2.33. The smallest absolute Gasteiger partial charge is 0.315 e. The summed E-state index contributed by atoms with van der Waals surface area (Å²) in [4.78, 5) is 25.4. The maximum atomic E-state index is 12.2. The predicted molar refractivity (Wildman–Crippen MR) is 88.0 cm³/mol. The summed E-state index contributed by atoms with van der Waals surface area (Å²) in [6, 6.07) is 0.922. The molecule has 0 spiro atoms. The first kappa shape index (κ1) is 15.9. The molecule has 4 atom stereocenters. The summed E-state index contributed by atoms with van der Waals surface area (Å²) in [6.45, 7) is 1.94. The fourth-order valence-corrected chi connectivity index (χ4v) is 5.16. The minimum absolute atomic E-state index is 0.0257. The van der Waals surface area contributed by atoms with Crippen LogP contribution in [0.2, 0.25) is 0 Å². The summed E-state index contributed by atoms with van der Waals surface area (Å²) in [7, 11) is 1.93. The number of amides is 3. The third-order valence-corrected chi connectivity index (χ3v) is 6.55. The second-order valence-corrected chi connectivity index (χ2v) is 7.79. The number of nitrogens with zero attached hydrogens (tertiary/aromatic N) is 1. The molecule has 0 bridgehead atoms. The topological polar surface area (TPSA) is 73.5 Å². The first-order chi connectivity index (χ1) is 10.6. The van der Waals surface area contributed by atoms with Gasteiger partial charge in [-0.1, -0.05) is 6.42 Å². The number of carbonyl (C=O) groups excluding carboxylic acids is 2. The van der Waals surface area contributed by atoms with E-state index in [-0.39, 0.29) is 18.0 Å². The van der Waals surface area contributed by atoms with E-state index in [0.717, 1.165) is 44.5 Å². The van der Waals surface area contributed by atoms with Crippen LogP contribution in [0.3, 0.4) is 0 Å². The van der Waals surface area contributed by atoms with Crippen LogP contribution in [-0.2, 0) is 4.79 Å². The number of rotatable bonds is 6. The van der Waals surface area contributed by atoms with Crippen LogP contribution in [0.1, 0.15) is 32.1 Å². The number of hydrogen-bond donors (Lipinski definition) is 3. The van der Waals surface area contributed by atoms with Crippen molar-refractivity contribution in [2.24, 2.45) is 0 Å². The molecule has 3 amide bonds. The van der Waals surface area contributed by atoms with Crippen molar-refractivity contribution in [3.05, 3.63) is 0 Å². The standard InChI is InChI=1S/C15H26N4O2S/c1-19(10-6-7-16-8-10)13(20)5-3-2-4-12-14-11(9-22-12)17-15(21)18-14/h10-12,14,16H,2-9H2,1H3,(H2,17,18,21)/t10?,11-,12-,14-/m0/s1. The Bertz CT molecular complexity index is 428. The highest BCUT2D eigenvalue weighted by atomic mass is 32.2. The van der Waals surface area contributed by atoms with Gasteiger partial charge in [-0.15, -0.1) is 0 Å². The molecule has 0 aliphatic carbocycles. The van der Waals surface area contributed by atoms with E-state index in [9.17, 15) is 9.59 Å². The molecule has 124 valence electrons. The molecule has 3 saturated heterocycles. The van der Waals surface area contributed by atoms with E-state index in [1.807, 2.05) is 23.7 Å². The van der Waals surface area contributed by atoms with Gasteiger partial charge in [0.15, 0.2) is 0 Å². The molecule has 0 aromatic carbocycles. The maximum Gasteiger partial charge on any atom is 0.315 e. The summed E-state index contributed by atoms with van der Waals surface area (Å²) in [5.41, 5.74) is 0. The fraction of sp³-hybridized carbons (Fsp3) is 0.867. The minimum Gasteiger partial charge on any atom is -0.341 e. The third-order valence-electron chi connectivity index (χ3n) is 5.04. The zero-order valence-electron chi connectivity index (χ0n) is 13.1. The van der Waals surface area contributed by atoms with E-state index in [1.54, 1.807) is 0 Å². The van der Waals surface area contributed by atoms with Gasteiger partial charge in [-0.05, 0) is 25.8 Å². The largest absolute Gasteiger partial charge is 0.341 e. The SMILES string of the molecule is CN(C(=O)CCCC[C@@H]1SC[C@@H]2NC(=O)N[C@@H]21)C1CCNC1. The van der Waals surface area contributed by atoms with Crippen molar-refractivity contribution in [2.75, 3.05) is 25.9 Å². The first-order valence-electron chi connectivity index (χ1n) is 8.30. The molecule has 0 aromatic rings. The average molecular weight is 326 g/mol. The number of likely N-dealkylation sites (N-methyl/N-ethyl adjacent to an activating group) is 1. The number of fused-ring (bicyclic) bond motifs is 1. The lowest BCUT2D eigenvalue weighted by molar-refractivity contribution is -0.131. The molecule has 0 saturated carbocycles. The van der Waals surface area contributed by atoms with Crippen molar-refractivity contribution in [1.82, 2.24) is 20.9 Å². The lowest BCUT2D eigenvalue weighted by atomic mass is 10.0. The van der Waals surface area contributed by atoms with Gasteiger partial charge >= 0.3 is 6.03 Å². The van der Waals surface area contributed by atoms with Crippen molar-refractivity contribution in [3.8, 4) is 0 Å². The van der Waals surface area contributed by atoms with Gasteiger partial charge in [0.05, 0.1) is 12.1 Å². The Labute approximate surface area is 136 Å².